The lowest BCUT2D eigenvalue weighted by Crippen LogP contribution is -2.11. The predicted octanol–water partition coefficient (Wildman–Crippen LogP) is 10.7. The summed E-state index contributed by atoms with van der Waals surface area (Å²) in [5, 5.41) is 3.83. The summed E-state index contributed by atoms with van der Waals surface area (Å²) in [6, 6.07) is 33.6. The van der Waals surface area contributed by atoms with Crippen molar-refractivity contribution in [2.75, 3.05) is 5.32 Å². The van der Waals surface area contributed by atoms with E-state index in [1.807, 2.05) is 0 Å². The van der Waals surface area contributed by atoms with E-state index in [4.69, 9.17) is 0 Å². The number of hydrogen-bond donors (Lipinski definition) is 1. The highest BCUT2D eigenvalue weighted by Crippen LogP contribution is 2.41. The second-order valence-electron chi connectivity index (χ2n) is 13.3. The molecule has 0 aliphatic carbocycles. The van der Waals surface area contributed by atoms with Crippen LogP contribution in [0.15, 0.2) is 91.0 Å². The Balaban J connectivity index is 1.89. The average molecular weight is 490 g/mol. The van der Waals surface area contributed by atoms with Crippen LogP contribution < -0.4 is 5.32 Å². The summed E-state index contributed by atoms with van der Waals surface area (Å²) >= 11 is 0. The fourth-order valence-corrected chi connectivity index (χ4v) is 4.67. The highest BCUT2D eigenvalue weighted by atomic mass is 14.9. The van der Waals surface area contributed by atoms with E-state index in [-0.39, 0.29) is 16.2 Å². The SMILES string of the molecule is CC(C)(C)c1ccc(Nc2c(-c3cccc(C(C)(C)C)c3)cccc2-c2cccc(C(C)(C)C)c2)cc1. The zero-order valence-corrected chi connectivity index (χ0v) is 24.2. The summed E-state index contributed by atoms with van der Waals surface area (Å²) in [6.45, 7) is 20.4. The molecule has 0 amide bonds. The van der Waals surface area contributed by atoms with Gasteiger partial charge in [0.2, 0.25) is 0 Å². The fourth-order valence-electron chi connectivity index (χ4n) is 4.67. The molecule has 4 rings (SSSR count). The maximum Gasteiger partial charge on any atom is 0.0543 e. The summed E-state index contributed by atoms with van der Waals surface area (Å²) in [7, 11) is 0. The predicted molar refractivity (Wildman–Crippen MR) is 163 cm³/mol. The first-order valence-corrected chi connectivity index (χ1v) is 13.5. The highest BCUT2D eigenvalue weighted by Gasteiger charge is 2.19. The molecular formula is C36H43N. The molecule has 192 valence electrons. The van der Waals surface area contributed by atoms with Gasteiger partial charge in [0.05, 0.1) is 5.69 Å². The molecule has 1 nitrogen and oxygen atoms in total. The minimum Gasteiger partial charge on any atom is -0.355 e. The van der Waals surface area contributed by atoms with E-state index in [1.54, 1.807) is 0 Å². The number of benzene rings is 4. The summed E-state index contributed by atoms with van der Waals surface area (Å²) in [5.41, 5.74) is 11.4. The zero-order valence-electron chi connectivity index (χ0n) is 24.2. The highest BCUT2D eigenvalue weighted by molar-refractivity contribution is 5.93. The quantitative estimate of drug-likeness (QED) is 0.300. The molecule has 0 aromatic heterocycles. The van der Waals surface area contributed by atoms with Gasteiger partial charge in [-0.3, -0.25) is 0 Å². The van der Waals surface area contributed by atoms with Crippen LogP contribution >= 0.6 is 0 Å². The van der Waals surface area contributed by atoms with Gasteiger partial charge in [-0.15, -0.1) is 0 Å². The Bertz CT molecular complexity index is 1290. The Morgan fingerprint density at radius 2 is 0.838 bits per heavy atom. The first kappa shape index (κ1) is 26.7. The lowest BCUT2D eigenvalue weighted by Gasteiger charge is -2.23. The molecule has 1 heteroatoms. The molecule has 4 aromatic carbocycles. The van der Waals surface area contributed by atoms with Gasteiger partial charge in [-0.05, 0) is 56.2 Å². The van der Waals surface area contributed by atoms with Crippen molar-refractivity contribution in [1.29, 1.82) is 0 Å². The summed E-state index contributed by atoms with van der Waals surface area (Å²) in [6.07, 6.45) is 0. The smallest absolute Gasteiger partial charge is 0.0543 e. The third-order valence-corrected chi connectivity index (χ3v) is 7.16. The number of anilines is 2. The first-order valence-electron chi connectivity index (χ1n) is 13.5. The maximum atomic E-state index is 3.83. The van der Waals surface area contributed by atoms with Crippen molar-refractivity contribution < 1.29 is 0 Å². The first-order chi connectivity index (χ1) is 17.2. The second-order valence-corrected chi connectivity index (χ2v) is 13.3. The molecule has 0 unspecified atom stereocenters. The lowest BCUT2D eigenvalue weighted by molar-refractivity contribution is 0.590. The van der Waals surface area contributed by atoms with Crippen LogP contribution in [0.25, 0.3) is 22.3 Å². The van der Waals surface area contributed by atoms with Gasteiger partial charge in [0.1, 0.15) is 0 Å². The van der Waals surface area contributed by atoms with E-state index in [0.29, 0.717) is 0 Å². The van der Waals surface area contributed by atoms with E-state index in [9.17, 15) is 0 Å². The number of rotatable bonds is 4. The van der Waals surface area contributed by atoms with E-state index in [0.717, 1.165) is 11.4 Å². The third kappa shape index (κ3) is 6.16. The van der Waals surface area contributed by atoms with Crippen LogP contribution in [0.3, 0.4) is 0 Å². The second kappa shape index (κ2) is 9.86. The van der Waals surface area contributed by atoms with Crippen molar-refractivity contribution in [3.05, 3.63) is 108 Å². The van der Waals surface area contributed by atoms with Gasteiger partial charge in [0.25, 0.3) is 0 Å². The van der Waals surface area contributed by atoms with Crippen LogP contribution in [0.2, 0.25) is 0 Å². The Kier molecular flexibility index (Phi) is 7.12. The molecule has 0 radical (unpaired) electrons. The molecule has 37 heavy (non-hydrogen) atoms. The van der Waals surface area contributed by atoms with Crippen LogP contribution in [0.1, 0.15) is 79.0 Å². The minimum absolute atomic E-state index is 0.0883. The van der Waals surface area contributed by atoms with E-state index < -0.39 is 0 Å². The molecule has 4 aromatic rings. The van der Waals surface area contributed by atoms with Gasteiger partial charge >= 0.3 is 0 Å². The molecular weight excluding hydrogens is 446 g/mol. The van der Waals surface area contributed by atoms with Gasteiger partial charge in [0.15, 0.2) is 0 Å². The molecule has 0 atom stereocenters. The van der Waals surface area contributed by atoms with Crippen LogP contribution in [0.4, 0.5) is 11.4 Å². The maximum absolute atomic E-state index is 3.83. The summed E-state index contributed by atoms with van der Waals surface area (Å²) in [5.74, 6) is 0. The van der Waals surface area contributed by atoms with Crippen molar-refractivity contribution in [3.63, 3.8) is 0 Å². The number of para-hydroxylation sites is 1. The van der Waals surface area contributed by atoms with Gasteiger partial charge in [0, 0.05) is 16.8 Å². The number of nitrogens with one attached hydrogen (secondary N) is 1. The van der Waals surface area contributed by atoms with Crippen molar-refractivity contribution >= 4 is 11.4 Å². The molecule has 0 heterocycles. The van der Waals surface area contributed by atoms with Gasteiger partial charge in [-0.1, -0.05) is 141 Å². The Labute approximate surface area is 225 Å². The van der Waals surface area contributed by atoms with Crippen LogP contribution in [0.5, 0.6) is 0 Å². The zero-order chi connectivity index (χ0) is 27.0. The van der Waals surface area contributed by atoms with E-state index in [1.165, 1.54) is 38.9 Å². The normalized spacial score (nSPS) is 12.5. The summed E-state index contributed by atoms with van der Waals surface area (Å²) in [4.78, 5) is 0. The lowest BCUT2D eigenvalue weighted by atomic mass is 9.84. The Hall–Kier alpha value is -3.32. The molecule has 1 N–H and O–H groups in total. The summed E-state index contributed by atoms with van der Waals surface area (Å²) < 4.78 is 0. The fraction of sp³-hybridized carbons (Fsp3) is 0.333. The molecule has 0 saturated heterocycles. The Morgan fingerprint density at radius 3 is 1.24 bits per heavy atom. The van der Waals surface area contributed by atoms with Crippen LogP contribution in [-0.4, -0.2) is 0 Å². The van der Waals surface area contributed by atoms with Crippen molar-refractivity contribution in [3.8, 4) is 22.3 Å². The average Bonchev–Trinajstić information content (AvgIpc) is 2.83. The monoisotopic (exact) mass is 489 g/mol. The Morgan fingerprint density at radius 1 is 0.432 bits per heavy atom. The van der Waals surface area contributed by atoms with Crippen molar-refractivity contribution in [2.45, 2.75) is 78.6 Å². The van der Waals surface area contributed by atoms with Gasteiger partial charge in [-0.2, -0.15) is 0 Å². The van der Waals surface area contributed by atoms with Crippen molar-refractivity contribution in [1.82, 2.24) is 0 Å². The minimum atomic E-state index is 0.0883. The van der Waals surface area contributed by atoms with Crippen molar-refractivity contribution in [2.24, 2.45) is 0 Å². The standard InChI is InChI=1S/C36H43N/c1-34(2,3)27-19-21-30(22-20-27)37-33-31(25-13-10-15-28(23-25)35(4,5)6)17-12-18-32(33)26-14-11-16-29(24-26)36(7,8)9/h10-24,37H,1-9H3. The number of hydrogen-bond acceptors (Lipinski definition) is 1. The van der Waals surface area contributed by atoms with E-state index in [2.05, 4.69) is 159 Å². The molecule has 0 aliphatic heterocycles. The molecule has 0 aliphatic rings. The van der Waals surface area contributed by atoms with Crippen LogP contribution in [-0.2, 0) is 16.2 Å². The largest absolute Gasteiger partial charge is 0.355 e. The third-order valence-electron chi connectivity index (χ3n) is 7.16. The molecule has 0 spiro atoms. The topological polar surface area (TPSA) is 12.0 Å². The van der Waals surface area contributed by atoms with Gasteiger partial charge in [-0.25, -0.2) is 0 Å². The molecule has 0 fully saturated rings. The van der Waals surface area contributed by atoms with E-state index >= 15 is 0 Å². The van der Waals surface area contributed by atoms with Gasteiger partial charge < -0.3 is 5.32 Å². The van der Waals surface area contributed by atoms with Crippen LogP contribution in [0, 0.1) is 0 Å². The molecule has 0 bridgehead atoms. The molecule has 0 saturated carbocycles.